The smallest absolute Gasteiger partial charge is 0.159 e. The Morgan fingerprint density at radius 1 is 1.23 bits per heavy atom. The highest BCUT2D eigenvalue weighted by atomic mass is 15.1. The zero-order valence-electron chi connectivity index (χ0n) is 15.7. The molecule has 2 aliphatic rings. The van der Waals surface area contributed by atoms with Crippen molar-refractivity contribution in [1.29, 1.82) is 0 Å². The van der Waals surface area contributed by atoms with Crippen LogP contribution in [0.1, 0.15) is 69.3 Å². The summed E-state index contributed by atoms with van der Waals surface area (Å²) in [6, 6.07) is 5.91. The molecule has 1 atom stereocenters. The van der Waals surface area contributed by atoms with Crippen molar-refractivity contribution in [1.82, 2.24) is 15.0 Å². The summed E-state index contributed by atoms with van der Waals surface area (Å²) in [5.74, 6) is 4.03. The predicted molar refractivity (Wildman–Crippen MR) is 106 cm³/mol. The van der Waals surface area contributed by atoms with E-state index in [-0.39, 0.29) is 0 Å². The highest BCUT2D eigenvalue weighted by Crippen LogP contribution is 2.42. The standard InChI is InChI=1S/C21H29N5/c1-2-3-10-16(15-8-6-9-15)20-24-17-11-7-14-23-19(17)21(26-20)25-18-12-4-5-13-22-18/h4-5,12-13,15-16,23H,2-3,6-11,14H2,1H3,(H,22,24,25,26). The van der Waals surface area contributed by atoms with Gasteiger partial charge in [-0.25, -0.2) is 15.0 Å². The van der Waals surface area contributed by atoms with E-state index in [1.165, 1.54) is 44.2 Å². The van der Waals surface area contributed by atoms with E-state index in [9.17, 15) is 0 Å². The molecular weight excluding hydrogens is 322 g/mol. The van der Waals surface area contributed by atoms with Crippen molar-refractivity contribution in [2.24, 2.45) is 5.92 Å². The van der Waals surface area contributed by atoms with Crippen LogP contribution in [0.5, 0.6) is 0 Å². The van der Waals surface area contributed by atoms with E-state index < -0.39 is 0 Å². The largest absolute Gasteiger partial charge is 0.381 e. The Morgan fingerprint density at radius 2 is 2.15 bits per heavy atom. The highest BCUT2D eigenvalue weighted by Gasteiger charge is 2.31. The molecule has 0 aromatic carbocycles. The molecule has 1 fully saturated rings. The van der Waals surface area contributed by atoms with Gasteiger partial charge in [0.25, 0.3) is 0 Å². The molecule has 0 bridgehead atoms. The van der Waals surface area contributed by atoms with E-state index in [1.807, 2.05) is 24.4 Å². The zero-order chi connectivity index (χ0) is 17.8. The Morgan fingerprint density at radius 3 is 2.88 bits per heavy atom. The molecule has 0 amide bonds. The number of anilines is 3. The van der Waals surface area contributed by atoms with Gasteiger partial charge in [-0.05, 0) is 50.2 Å². The molecule has 3 heterocycles. The Kier molecular flexibility index (Phi) is 5.32. The Labute approximate surface area is 156 Å². The maximum absolute atomic E-state index is 5.04. The molecule has 2 aromatic heterocycles. The second kappa shape index (κ2) is 8.02. The van der Waals surface area contributed by atoms with Gasteiger partial charge in [0.2, 0.25) is 0 Å². The molecule has 5 heteroatoms. The van der Waals surface area contributed by atoms with Gasteiger partial charge in [-0.1, -0.05) is 32.3 Å². The van der Waals surface area contributed by atoms with E-state index in [2.05, 4.69) is 22.5 Å². The third-order valence-electron chi connectivity index (χ3n) is 5.72. The molecular formula is C21H29N5. The molecule has 0 radical (unpaired) electrons. The second-order valence-corrected chi connectivity index (χ2v) is 7.56. The van der Waals surface area contributed by atoms with Gasteiger partial charge < -0.3 is 10.6 Å². The molecule has 0 saturated heterocycles. The number of aromatic nitrogens is 3. The van der Waals surface area contributed by atoms with Crippen molar-refractivity contribution in [2.45, 2.75) is 64.2 Å². The van der Waals surface area contributed by atoms with Crippen LogP contribution in [0.2, 0.25) is 0 Å². The summed E-state index contributed by atoms with van der Waals surface area (Å²) in [4.78, 5) is 14.5. The van der Waals surface area contributed by atoms with Crippen LogP contribution in [0.15, 0.2) is 24.4 Å². The minimum absolute atomic E-state index is 0.500. The molecule has 26 heavy (non-hydrogen) atoms. The minimum atomic E-state index is 0.500. The fourth-order valence-electron chi connectivity index (χ4n) is 4.02. The number of nitrogens with one attached hydrogen (secondary N) is 2. The van der Waals surface area contributed by atoms with Crippen LogP contribution in [0.4, 0.5) is 17.3 Å². The van der Waals surface area contributed by atoms with E-state index in [1.54, 1.807) is 0 Å². The molecule has 2 aromatic rings. The van der Waals surface area contributed by atoms with Gasteiger partial charge in [0, 0.05) is 18.7 Å². The SMILES string of the molecule is CCCCC(c1nc2c(c(Nc3ccccn3)n1)NCCC2)C1CCC1. The van der Waals surface area contributed by atoms with Crippen molar-refractivity contribution in [3.05, 3.63) is 35.9 Å². The number of unbranched alkanes of at least 4 members (excludes halogenated alkanes) is 1. The van der Waals surface area contributed by atoms with E-state index in [0.29, 0.717) is 5.92 Å². The van der Waals surface area contributed by atoms with Crippen molar-refractivity contribution in [2.75, 3.05) is 17.2 Å². The number of fused-ring (bicyclic) bond motifs is 1. The van der Waals surface area contributed by atoms with Gasteiger partial charge in [0.1, 0.15) is 11.6 Å². The monoisotopic (exact) mass is 351 g/mol. The summed E-state index contributed by atoms with van der Waals surface area (Å²) in [7, 11) is 0. The molecule has 4 rings (SSSR count). The van der Waals surface area contributed by atoms with E-state index in [4.69, 9.17) is 9.97 Å². The van der Waals surface area contributed by atoms with Crippen molar-refractivity contribution < 1.29 is 0 Å². The van der Waals surface area contributed by atoms with E-state index in [0.717, 1.165) is 48.5 Å². The quantitative estimate of drug-likeness (QED) is 0.731. The van der Waals surface area contributed by atoms with Crippen LogP contribution in [-0.4, -0.2) is 21.5 Å². The highest BCUT2D eigenvalue weighted by molar-refractivity contribution is 5.72. The molecule has 5 nitrogen and oxygen atoms in total. The van der Waals surface area contributed by atoms with Crippen LogP contribution in [0, 0.1) is 5.92 Å². The number of rotatable bonds is 7. The molecule has 0 spiro atoms. The topological polar surface area (TPSA) is 62.7 Å². The second-order valence-electron chi connectivity index (χ2n) is 7.56. The van der Waals surface area contributed by atoms with Gasteiger partial charge in [0.15, 0.2) is 5.82 Å². The lowest BCUT2D eigenvalue weighted by atomic mass is 9.73. The molecule has 1 aliphatic carbocycles. The molecule has 2 N–H and O–H groups in total. The van der Waals surface area contributed by atoms with Crippen LogP contribution >= 0.6 is 0 Å². The van der Waals surface area contributed by atoms with Crippen LogP contribution < -0.4 is 10.6 Å². The van der Waals surface area contributed by atoms with Crippen LogP contribution in [0.3, 0.4) is 0 Å². The lowest BCUT2D eigenvalue weighted by Gasteiger charge is -2.34. The fourth-order valence-corrected chi connectivity index (χ4v) is 4.02. The summed E-state index contributed by atoms with van der Waals surface area (Å²) in [5.41, 5.74) is 2.23. The summed E-state index contributed by atoms with van der Waals surface area (Å²) in [5, 5.41) is 6.94. The number of hydrogen-bond acceptors (Lipinski definition) is 5. The number of nitrogens with zero attached hydrogens (tertiary/aromatic N) is 3. The number of hydrogen-bond donors (Lipinski definition) is 2. The normalized spacial score (nSPS) is 17.7. The predicted octanol–water partition coefficient (Wildman–Crippen LogP) is 5.05. The third kappa shape index (κ3) is 3.67. The van der Waals surface area contributed by atoms with Gasteiger partial charge >= 0.3 is 0 Å². The van der Waals surface area contributed by atoms with Gasteiger partial charge in [-0.15, -0.1) is 0 Å². The lowest BCUT2D eigenvalue weighted by molar-refractivity contribution is 0.241. The fraction of sp³-hybridized carbons (Fsp3) is 0.571. The van der Waals surface area contributed by atoms with Gasteiger partial charge in [-0.2, -0.15) is 0 Å². The molecule has 1 aliphatic heterocycles. The third-order valence-corrected chi connectivity index (χ3v) is 5.72. The molecule has 138 valence electrons. The van der Waals surface area contributed by atoms with Gasteiger partial charge in [-0.3, -0.25) is 0 Å². The average Bonchev–Trinajstić information content (AvgIpc) is 2.64. The summed E-state index contributed by atoms with van der Waals surface area (Å²) < 4.78 is 0. The summed E-state index contributed by atoms with van der Waals surface area (Å²) >= 11 is 0. The minimum Gasteiger partial charge on any atom is -0.381 e. The molecule has 1 saturated carbocycles. The molecule has 1 unspecified atom stereocenters. The maximum Gasteiger partial charge on any atom is 0.159 e. The Balaban J connectivity index is 1.68. The number of aryl methyl sites for hydroxylation is 1. The Bertz CT molecular complexity index is 727. The first-order chi connectivity index (χ1) is 12.8. The lowest BCUT2D eigenvalue weighted by Crippen LogP contribution is -2.25. The van der Waals surface area contributed by atoms with Crippen molar-refractivity contribution in [3.8, 4) is 0 Å². The number of pyridine rings is 1. The first-order valence-corrected chi connectivity index (χ1v) is 10.2. The Hall–Kier alpha value is -2.17. The van der Waals surface area contributed by atoms with Crippen molar-refractivity contribution in [3.63, 3.8) is 0 Å². The summed E-state index contributed by atoms with van der Waals surface area (Å²) in [6.45, 7) is 3.25. The van der Waals surface area contributed by atoms with E-state index >= 15 is 0 Å². The zero-order valence-corrected chi connectivity index (χ0v) is 15.7. The van der Waals surface area contributed by atoms with Crippen LogP contribution in [-0.2, 0) is 6.42 Å². The summed E-state index contributed by atoms with van der Waals surface area (Å²) in [6.07, 6.45) is 11.7. The average molecular weight is 351 g/mol. The first kappa shape index (κ1) is 17.3. The van der Waals surface area contributed by atoms with Crippen LogP contribution in [0.25, 0.3) is 0 Å². The maximum atomic E-state index is 5.04. The first-order valence-electron chi connectivity index (χ1n) is 10.2. The van der Waals surface area contributed by atoms with Gasteiger partial charge in [0.05, 0.1) is 11.4 Å². The van der Waals surface area contributed by atoms with Crippen molar-refractivity contribution >= 4 is 17.3 Å².